The quantitative estimate of drug-likeness (QED) is 0.600. The van der Waals surface area contributed by atoms with Gasteiger partial charge in [0.1, 0.15) is 11.3 Å². The van der Waals surface area contributed by atoms with Crippen LogP contribution in [-0.2, 0) is 0 Å². The third kappa shape index (κ3) is 2.65. The first-order valence-electron chi connectivity index (χ1n) is 7.53. The molecule has 0 bridgehead atoms. The van der Waals surface area contributed by atoms with Gasteiger partial charge in [-0.3, -0.25) is 9.78 Å². The second-order valence-electron chi connectivity index (χ2n) is 5.43. The fraction of sp³-hybridized carbons (Fsp3) is 0.0556. The molecule has 2 N–H and O–H groups in total. The van der Waals surface area contributed by atoms with Crippen LogP contribution in [0.4, 0.5) is 10.1 Å². The van der Waals surface area contributed by atoms with Crippen LogP contribution in [0.3, 0.4) is 0 Å². The molecule has 0 radical (unpaired) electrons. The van der Waals surface area contributed by atoms with E-state index >= 15 is 0 Å². The van der Waals surface area contributed by atoms with E-state index < -0.39 is 0 Å². The molecule has 1 aromatic carbocycles. The summed E-state index contributed by atoms with van der Waals surface area (Å²) in [5.74, 6) is -0.249. The van der Waals surface area contributed by atoms with Crippen molar-refractivity contribution in [3.8, 4) is 5.88 Å². The van der Waals surface area contributed by atoms with Gasteiger partial charge in [-0.2, -0.15) is 0 Å². The minimum atomic E-state index is -0.363. The third-order valence-electron chi connectivity index (χ3n) is 3.88. The predicted molar refractivity (Wildman–Crippen MR) is 92.3 cm³/mol. The molecule has 0 aliphatic rings. The van der Waals surface area contributed by atoms with E-state index in [9.17, 15) is 9.18 Å². The molecule has 0 aliphatic heterocycles. The number of pyridine rings is 2. The van der Waals surface area contributed by atoms with Gasteiger partial charge in [-0.1, -0.05) is 0 Å². The zero-order chi connectivity index (χ0) is 17.4. The highest BCUT2D eigenvalue weighted by Crippen LogP contribution is 2.27. The molecule has 0 aliphatic carbocycles. The maximum absolute atomic E-state index is 13.0. The number of hydrogen-bond donors (Lipinski definition) is 2. The van der Waals surface area contributed by atoms with Crippen molar-refractivity contribution in [2.24, 2.45) is 0 Å². The van der Waals surface area contributed by atoms with Gasteiger partial charge in [0.05, 0.1) is 29.9 Å². The number of fused-ring (bicyclic) bond motifs is 3. The number of H-pyrrole nitrogens is 1. The molecule has 0 saturated heterocycles. The first-order valence-corrected chi connectivity index (χ1v) is 7.53. The Morgan fingerprint density at radius 2 is 2.00 bits per heavy atom. The first kappa shape index (κ1) is 15.1. The molecule has 3 heterocycles. The zero-order valence-corrected chi connectivity index (χ0v) is 13.2. The molecule has 4 rings (SSSR count). The van der Waals surface area contributed by atoms with Gasteiger partial charge in [0, 0.05) is 23.3 Å². The van der Waals surface area contributed by atoms with Crippen molar-refractivity contribution in [3.63, 3.8) is 0 Å². The van der Waals surface area contributed by atoms with E-state index in [1.165, 1.54) is 31.4 Å². The van der Waals surface area contributed by atoms with Crippen LogP contribution in [0.5, 0.6) is 5.88 Å². The summed E-state index contributed by atoms with van der Waals surface area (Å²) < 4.78 is 18.2. The zero-order valence-electron chi connectivity index (χ0n) is 13.2. The number of anilines is 1. The van der Waals surface area contributed by atoms with Gasteiger partial charge in [0.25, 0.3) is 5.91 Å². The maximum atomic E-state index is 13.0. The average molecular weight is 336 g/mol. The fourth-order valence-electron chi connectivity index (χ4n) is 2.68. The highest BCUT2D eigenvalue weighted by molar-refractivity contribution is 6.18. The van der Waals surface area contributed by atoms with Gasteiger partial charge in [-0.25, -0.2) is 9.37 Å². The number of carbonyl (C=O) groups excluding carboxylic acids is 1. The number of aromatic amines is 1. The van der Waals surface area contributed by atoms with Crippen molar-refractivity contribution in [2.45, 2.75) is 0 Å². The number of aromatic nitrogens is 3. The molecule has 3 aromatic heterocycles. The van der Waals surface area contributed by atoms with E-state index in [0.717, 1.165) is 0 Å². The van der Waals surface area contributed by atoms with Crippen LogP contribution < -0.4 is 10.1 Å². The van der Waals surface area contributed by atoms with E-state index in [4.69, 9.17) is 4.74 Å². The Balaban J connectivity index is 1.82. The Morgan fingerprint density at radius 3 is 2.76 bits per heavy atom. The Labute approximate surface area is 141 Å². The van der Waals surface area contributed by atoms with Gasteiger partial charge < -0.3 is 15.0 Å². The molecule has 0 spiro atoms. The molecule has 124 valence electrons. The molecule has 0 fully saturated rings. The topological polar surface area (TPSA) is 79.9 Å². The number of benzene rings is 1. The van der Waals surface area contributed by atoms with Gasteiger partial charge in [-0.05, 0) is 30.3 Å². The summed E-state index contributed by atoms with van der Waals surface area (Å²) in [6, 6.07) is 9.08. The Kier molecular flexibility index (Phi) is 3.53. The summed E-state index contributed by atoms with van der Waals surface area (Å²) in [7, 11) is 1.53. The number of hydrogen-bond acceptors (Lipinski definition) is 4. The summed E-state index contributed by atoms with van der Waals surface area (Å²) in [6.07, 6.45) is 3.26. The largest absolute Gasteiger partial charge is 0.481 e. The lowest BCUT2D eigenvalue weighted by atomic mass is 10.1. The average Bonchev–Trinajstić information content (AvgIpc) is 3.08. The van der Waals surface area contributed by atoms with Crippen molar-refractivity contribution >= 4 is 33.5 Å². The monoisotopic (exact) mass is 336 g/mol. The third-order valence-corrected chi connectivity index (χ3v) is 3.88. The molecular weight excluding hydrogens is 323 g/mol. The predicted octanol–water partition coefficient (Wildman–Crippen LogP) is 3.51. The lowest BCUT2D eigenvalue weighted by molar-refractivity contribution is 0.102. The standard InChI is InChI=1S/C18H13FN4O2/c1-25-15-7-6-13-17(23-15)16-12(8-20-14(16)9-21-13)18(24)22-11-4-2-10(19)3-5-11/h2-9,20H,1H3,(H,22,24). The van der Waals surface area contributed by atoms with Gasteiger partial charge >= 0.3 is 0 Å². The number of nitrogens with zero attached hydrogens (tertiary/aromatic N) is 2. The van der Waals surface area contributed by atoms with Crippen LogP contribution in [-0.4, -0.2) is 28.0 Å². The van der Waals surface area contributed by atoms with E-state index in [1.54, 1.807) is 24.5 Å². The van der Waals surface area contributed by atoms with Crippen LogP contribution in [0.15, 0.2) is 48.8 Å². The number of rotatable bonds is 3. The molecule has 1 amide bonds. The summed E-state index contributed by atoms with van der Waals surface area (Å²) in [4.78, 5) is 24.4. The van der Waals surface area contributed by atoms with E-state index in [2.05, 4.69) is 20.3 Å². The smallest absolute Gasteiger partial charge is 0.257 e. The van der Waals surface area contributed by atoms with E-state index in [0.29, 0.717) is 39.1 Å². The summed E-state index contributed by atoms with van der Waals surface area (Å²) in [5.41, 5.74) is 2.85. The Morgan fingerprint density at radius 1 is 1.20 bits per heavy atom. The van der Waals surface area contributed by atoms with Crippen LogP contribution in [0.1, 0.15) is 10.4 Å². The van der Waals surface area contributed by atoms with Crippen molar-refractivity contribution in [1.82, 2.24) is 15.0 Å². The van der Waals surface area contributed by atoms with Crippen molar-refractivity contribution in [2.75, 3.05) is 12.4 Å². The molecule has 0 unspecified atom stereocenters. The summed E-state index contributed by atoms with van der Waals surface area (Å²) in [5, 5.41) is 3.41. The van der Waals surface area contributed by atoms with Crippen molar-refractivity contribution in [1.29, 1.82) is 0 Å². The maximum Gasteiger partial charge on any atom is 0.257 e. The van der Waals surface area contributed by atoms with Crippen LogP contribution in [0.2, 0.25) is 0 Å². The molecule has 0 atom stereocenters. The molecule has 6 nitrogen and oxygen atoms in total. The summed E-state index contributed by atoms with van der Waals surface area (Å²) in [6.45, 7) is 0. The minimum absolute atomic E-state index is 0.324. The van der Waals surface area contributed by atoms with Crippen molar-refractivity contribution < 1.29 is 13.9 Å². The highest BCUT2D eigenvalue weighted by atomic mass is 19.1. The number of halogens is 1. The minimum Gasteiger partial charge on any atom is -0.481 e. The van der Waals surface area contributed by atoms with Crippen LogP contribution >= 0.6 is 0 Å². The summed E-state index contributed by atoms with van der Waals surface area (Å²) >= 11 is 0. The van der Waals surface area contributed by atoms with Gasteiger partial charge in [0.15, 0.2) is 0 Å². The molecule has 7 heteroatoms. The van der Waals surface area contributed by atoms with Gasteiger partial charge in [0.2, 0.25) is 5.88 Å². The van der Waals surface area contributed by atoms with Gasteiger partial charge in [-0.15, -0.1) is 0 Å². The number of amides is 1. The number of ether oxygens (including phenoxy) is 1. The number of nitrogens with one attached hydrogen (secondary N) is 2. The van der Waals surface area contributed by atoms with Crippen molar-refractivity contribution in [3.05, 3.63) is 60.2 Å². The Bertz CT molecular complexity index is 1090. The molecule has 25 heavy (non-hydrogen) atoms. The van der Waals surface area contributed by atoms with E-state index in [-0.39, 0.29) is 11.7 Å². The lowest BCUT2D eigenvalue weighted by Gasteiger charge is -2.06. The van der Waals surface area contributed by atoms with Crippen LogP contribution in [0.25, 0.3) is 21.9 Å². The SMILES string of the molecule is COc1ccc2ncc3[nH]cc(C(=O)Nc4ccc(F)cc4)c3c2n1. The first-order chi connectivity index (χ1) is 12.2. The number of carbonyl (C=O) groups is 1. The highest BCUT2D eigenvalue weighted by Gasteiger charge is 2.17. The lowest BCUT2D eigenvalue weighted by Crippen LogP contribution is -2.11. The molecule has 4 aromatic rings. The second-order valence-corrected chi connectivity index (χ2v) is 5.43. The van der Waals surface area contributed by atoms with Crippen LogP contribution in [0, 0.1) is 5.82 Å². The molecule has 0 saturated carbocycles. The van der Waals surface area contributed by atoms with E-state index in [1.807, 2.05) is 0 Å². The second kappa shape index (κ2) is 5.86. The Hall–Kier alpha value is -3.48. The number of methoxy groups -OCH3 is 1. The normalized spacial score (nSPS) is 11.0. The fourth-order valence-corrected chi connectivity index (χ4v) is 2.68. The molecular formula is C18H13FN4O2.